The van der Waals surface area contributed by atoms with E-state index >= 15 is 0 Å². The fourth-order valence-corrected chi connectivity index (χ4v) is 2.33. The second-order valence-electron chi connectivity index (χ2n) is 5.51. The number of hydrogen-bond donors (Lipinski definition) is 2. The molecule has 0 aromatic heterocycles. The number of amides is 1. The second-order valence-corrected chi connectivity index (χ2v) is 5.51. The Kier molecular flexibility index (Phi) is 6.01. The average molecular weight is 296 g/mol. The van der Waals surface area contributed by atoms with Crippen LogP contribution in [0.4, 0.5) is 5.69 Å². The quantitative estimate of drug-likeness (QED) is 0.821. The van der Waals surface area contributed by atoms with Crippen molar-refractivity contribution in [1.82, 2.24) is 5.32 Å². The zero-order valence-electron chi connectivity index (χ0n) is 13.4. The van der Waals surface area contributed by atoms with Crippen molar-refractivity contribution in [1.29, 1.82) is 0 Å². The van der Waals surface area contributed by atoms with E-state index in [0.717, 1.165) is 12.1 Å². The Bertz CT molecular complexity index is 608. The molecule has 0 aliphatic rings. The molecule has 2 rings (SSSR count). The standard InChI is InChI=1S/C19H24N2O/c1-15-7-6-10-18(16(15)2)20-14-12-19(22)21-13-11-17-8-4-3-5-9-17/h3-10,20H,11-14H2,1-2H3,(H,21,22). The molecule has 22 heavy (non-hydrogen) atoms. The predicted molar refractivity (Wildman–Crippen MR) is 92.2 cm³/mol. The van der Waals surface area contributed by atoms with E-state index < -0.39 is 0 Å². The first-order valence-electron chi connectivity index (χ1n) is 7.77. The number of benzene rings is 2. The summed E-state index contributed by atoms with van der Waals surface area (Å²) >= 11 is 0. The number of carbonyl (C=O) groups excluding carboxylic acids is 1. The summed E-state index contributed by atoms with van der Waals surface area (Å²) in [7, 11) is 0. The van der Waals surface area contributed by atoms with Crippen LogP contribution in [0, 0.1) is 13.8 Å². The lowest BCUT2D eigenvalue weighted by molar-refractivity contribution is -0.120. The van der Waals surface area contributed by atoms with Crippen molar-refractivity contribution in [2.75, 3.05) is 18.4 Å². The van der Waals surface area contributed by atoms with Crippen LogP contribution in [0.5, 0.6) is 0 Å². The summed E-state index contributed by atoms with van der Waals surface area (Å²) in [5, 5.41) is 6.30. The minimum absolute atomic E-state index is 0.0914. The molecule has 0 heterocycles. The van der Waals surface area contributed by atoms with Crippen LogP contribution in [0.1, 0.15) is 23.1 Å². The Morgan fingerprint density at radius 1 is 0.955 bits per heavy atom. The van der Waals surface area contributed by atoms with Crippen LogP contribution in [-0.2, 0) is 11.2 Å². The van der Waals surface area contributed by atoms with Crippen LogP contribution in [0.15, 0.2) is 48.5 Å². The van der Waals surface area contributed by atoms with Gasteiger partial charge < -0.3 is 10.6 Å². The SMILES string of the molecule is Cc1cccc(NCCC(=O)NCCc2ccccc2)c1C. The lowest BCUT2D eigenvalue weighted by Crippen LogP contribution is -2.27. The normalized spacial score (nSPS) is 10.3. The van der Waals surface area contributed by atoms with Gasteiger partial charge in [-0.05, 0) is 43.0 Å². The summed E-state index contributed by atoms with van der Waals surface area (Å²) < 4.78 is 0. The summed E-state index contributed by atoms with van der Waals surface area (Å²) in [5.41, 5.74) is 4.86. The molecule has 0 bridgehead atoms. The third-order valence-electron chi connectivity index (χ3n) is 3.85. The molecular weight excluding hydrogens is 272 g/mol. The Labute approximate surface area is 132 Å². The molecule has 0 aliphatic carbocycles. The molecule has 0 aliphatic heterocycles. The minimum atomic E-state index is 0.0914. The van der Waals surface area contributed by atoms with Crippen molar-refractivity contribution >= 4 is 11.6 Å². The van der Waals surface area contributed by atoms with E-state index in [1.165, 1.54) is 16.7 Å². The molecule has 0 saturated heterocycles. The fraction of sp³-hybridized carbons (Fsp3) is 0.316. The van der Waals surface area contributed by atoms with Gasteiger partial charge in [-0.15, -0.1) is 0 Å². The molecule has 2 aromatic carbocycles. The molecule has 0 saturated carbocycles. The molecular formula is C19H24N2O. The highest BCUT2D eigenvalue weighted by Crippen LogP contribution is 2.17. The van der Waals surface area contributed by atoms with E-state index in [9.17, 15) is 4.79 Å². The number of carbonyl (C=O) groups is 1. The Morgan fingerprint density at radius 3 is 2.50 bits per heavy atom. The summed E-state index contributed by atoms with van der Waals surface area (Å²) in [6.45, 7) is 5.53. The van der Waals surface area contributed by atoms with Crippen LogP contribution >= 0.6 is 0 Å². The van der Waals surface area contributed by atoms with Crippen molar-refractivity contribution in [2.45, 2.75) is 26.7 Å². The lowest BCUT2D eigenvalue weighted by atomic mass is 10.1. The molecule has 0 spiro atoms. The predicted octanol–water partition coefficient (Wildman–Crippen LogP) is 3.46. The van der Waals surface area contributed by atoms with Gasteiger partial charge in [-0.3, -0.25) is 4.79 Å². The van der Waals surface area contributed by atoms with E-state index in [4.69, 9.17) is 0 Å². The Hall–Kier alpha value is -2.29. The molecule has 3 nitrogen and oxygen atoms in total. The largest absolute Gasteiger partial charge is 0.384 e. The maximum atomic E-state index is 11.8. The first-order chi connectivity index (χ1) is 10.7. The number of nitrogens with one attached hydrogen (secondary N) is 2. The molecule has 0 radical (unpaired) electrons. The van der Waals surface area contributed by atoms with Crippen molar-refractivity contribution in [2.24, 2.45) is 0 Å². The molecule has 0 unspecified atom stereocenters. The van der Waals surface area contributed by atoms with Gasteiger partial charge in [0, 0.05) is 25.2 Å². The summed E-state index contributed by atoms with van der Waals surface area (Å²) in [6.07, 6.45) is 1.36. The second kappa shape index (κ2) is 8.23. The Balaban J connectivity index is 1.66. The maximum absolute atomic E-state index is 11.8. The number of anilines is 1. The monoisotopic (exact) mass is 296 g/mol. The van der Waals surface area contributed by atoms with E-state index in [0.29, 0.717) is 19.5 Å². The van der Waals surface area contributed by atoms with Gasteiger partial charge in [0.05, 0.1) is 0 Å². The van der Waals surface area contributed by atoms with E-state index in [1.54, 1.807) is 0 Å². The van der Waals surface area contributed by atoms with Crippen LogP contribution in [-0.4, -0.2) is 19.0 Å². The van der Waals surface area contributed by atoms with Crippen LogP contribution in [0.2, 0.25) is 0 Å². The first kappa shape index (κ1) is 16.1. The van der Waals surface area contributed by atoms with Gasteiger partial charge in [0.1, 0.15) is 0 Å². The smallest absolute Gasteiger partial charge is 0.221 e. The average Bonchev–Trinajstić information content (AvgIpc) is 2.52. The highest BCUT2D eigenvalue weighted by Gasteiger charge is 2.03. The molecule has 3 heteroatoms. The van der Waals surface area contributed by atoms with Crippen LogP contribution in [0.25, 0.3) is 0 Å². The number of rotatable bonds is 7. The van der Waals surface area contributed by atoms with Gasteiger partial charge in [0.15, 0.2) is 0 Å². The van der Waals surface area contributed by atoms with Crippen molar-refractivity contribution in [3.8, 4) is 0 Å². The number of aryl methyl sites for hydroxylation is 1. The highest BCUT2D eigenvalue weighted by atomic mass is 16.1. The lowest BCUT2D eigenvalue weighted by Gasteiger charge is -2.11. The van der Waals surface area contributed by atoms with Crippen LogP contribution < -0.4 is 10.6 Å². The van der Waals surface area contributed by atoms with Gasteiger partial charge in [-0.25, -0.2) is 0 Å². The van der Waals surface area contributed by atoms with E-state index in [2.05, 4.69) is 48.7 Å². The summed E-state index contributed by atoms with van der Waals surface area (Å²) in [6, 6.07) is 16.4. The van der Waals surface area contributed by atoms with Gasteiger partial charge in [-0.1, -0.05) is 42.5 Å². The molecule has 2 aromatic rings. The summed E-state index contributed by atoms with van der Waals surface area (Å²) in [5.74, 6) is 0.0914. The number of hydrogen-bond acceptors (Lipinski definition) is 2. The van der Waals surface area contributed by atoms with Gasteiger partial charge in [0.25, 0.3) is 0 Å². The third-order valence-corrected chi connectivity index (χ3v) is 3.85. The van der Waals surface area contributed by atoms with E-state index in [1.807, 2.05) is 24.3 Å². The summed E-state index contributed by atoms with van der Waals surface area (Å²) in [4.78, 5) is 11.8. The topological polar surface area (TPSA) is 41.1 Å². The minimum Gasteiger partial charge on any atom is -0.384 e. The molecule has 2 N–H and O–H groups in total. The van der Waals surface area contributed by atoms with Gasteiger partial charge in [-0.2, -0.15) is 0 Å². The van der Waals surface area contributed by atoms with Crippen LogP contribution in [0.3, 0.4) is 0 Å². The van der Waals surface area contributed by atoms with Gasteiger partial charge >= 0.3 is 0 Å². The molecule has 1 amide bonds. The molecule has 116 valence electrons. The molecule has 0 atom stereocenters. The maximum Gasteiger partial charge on any atom is 0.221 e. The van der Waals surface area contributed by atoms with Crippen molar-refractivity contribution < 1.29 is 4.79 Å². The van der Waals surface area contributed by atoms with Crippen molar-refractivity contribution in [3.05, 3.63) is 65.2 Å². The Morgan fingerprint density at radius 2 is 1.73 bits per heavy atom. The fourth-order valence-electron chi connectivity index (χ4n) is 2.33. The zero-order chi connectivity index (χ0) is 15.8. The van der Waals surface area contributed by atoms with Crippen molar-refractivity contribution in [3.63, 3.8) is 0 Å². The first-order valence-corrected chi connectivity index (χ1v) is 7.77. The highest BCUT2D eigenvalue weighted by molar-refractivity contribution is 5.76. The van der Waals surface area contributed by atoms with Gasteiger partial charge in [0.2, 0.25) is 5.91 Å². The third kappa shape index (κ3) is 4.92. The molecule has 0 fully saturated rings. The zero-order valence-corrected chi connectivity index (χ0v) is 13.4. The van der Waals surface area contributed by atoms with E-state index in [-0.39, 0.29) is 5.91 Å².